The summed E-state index contributed by atoms with van der Waals surface area (Å²) in [5.41, 5.74) is 2.17. The van der Waals surface area contributed by atoms with Crippen LogP contribution in [-0.2, 0) is 0 Å². The molecule has 0 spiro atoms. The Kier molecular flexibility index (Phi) is 4.11. The highest BCUT2D eigenvalue weighted by atomic mass is 32.2. The maximum Gasteiger partial charge on any atom is 0.118 e. The second kappa shape index (κ2) is 5.79. The third-order valence-electron chi connectivity index (χ3n) is 2.65. The number of hydrogen-bond donors (Lipinski definition) is 0. The van der Waals surface area contributed by atoms with E-state index in [1.54, 1.807) is 7.11 Å². The average molecular weight is 286 g/mol. The van der Waals surface area contributed by atoms with Crippen LogP contribution in [0.1, 0.15) is 10.4 Å². The predicted octanol–water partition coefficient (Wildman–Crippen LogP) is 3.89. The van der Waals surface area contributed by atoms with Gasteiger partial charge in [0.15, 0.2) is 0 Å². The van der Waals surface area contributed by atoms with Crippen molar-refractivity contribution in [1.29, 1.82) is 10.5 Å². The standard InChI is InChI=1S/C14H10N2OS2/c1-17-10-5-3-9(4-6-10)13-11(7-15)14(18-2)19-12(13)8-16/h3-6H,1-2H3. The largest absolute Gasteiger partial charge is 0.497 e. The van der Waals surface area contributed by atoms with Gasteiger partial charge in [-0.1, -0.05) is 12.1 Å². The molecule has 0 aliphatic heterocycles. The van der Waals surface area contributed by atoms with E-state index in [-0.39, 0.29) is 0 Å². The van der Waals surface area contributed by atoms with Crippen LogP contribution in [-0.4, -0.2) is 13.4 Å². The van der Waals surface area contributed by atoms with Gasteiger partial charge in [-0.05, 0) is 24.0 Å². The van der Waals surface area contributed by atoms with Crippen LogP contribution in [0.25, 0.3) is 11.1 Å². The van der Waals surface area contributed by atoms with Crippen molar-refractivity contribution >= 4 is 23.1 Å². The number of rotatable bonds is 3. The molecule has 0 radical (unpaired) electrons. The lowest BCUT2D eigenvalue weighted by molar-refractivity contribution is 0.415. The van der Waals surface area contributed by atoms with Gasteiger partial charge in [0.05, 0.1) is 16.9 Å². The van der Waals surface area contributed by atoms with Crippen molar-refractivity contribution in [1.82, 2.24) is 0 Å². The van der Waals surface area contributed by atoms with Crippen LogP contribution in [0.2, 0.25) is 0 Å². The molecular weight excluding hydrogens is 276 g/mol. The molecule has 2 rings (SSSR count). The van der Waals surface area contributed by atoms with E-state index in [0.29, 0.717) is 10.4 Å². The summed E-state index contributed by atoms with van der Waals surface area (Å²) < 4.78 is 5.99. The summed E-state index contributed by atoms with van der Waals surface area (Å²) in [5, 5.41) is 18.5. The smallest absolute Gasteiger partial charge is 0.118 e. The molecule has 1 aromatic carbocycles. The molecule has 1 heterocycles. The first kappa shape index (κ1) is 13.5. The number of hydrogen-bond acceptors (Lipinski definition) is 5. The molecule has 94 valence electrons. The molecule has 0 atom stereocenters. The van der Waals surface area contributed by atoms with Gasteiger partial charge < -0.3 is 4.74 Å². The van der Waals surface area contributed by atoms with Crippen molar-refractivity contribution in [2.75, 3.05) is 13.4 Å². The van der Waals surface area contributed by atoms with E-state index in [1.807, 2.05) is 30.5 Å². The van der Waals surface area contributed by atoms with E-state index in [0.717, 1.165) is 21.1 Å². The molecule has 2 aromatic rings. The van der Waals surface area contributed by atoms with E-state index in [1.165, 1.54) is 23.1 Å². The van der Waals surface area contributed by atoms with E-state index in [2.05, 4.69) is 12.1 Å². The molecule has 0 bridgehead atoms. The zero-order valence-corrected chi connectivity index (χ0v) is 12.1. The van der Waals surface area contributed by atoms with Gasteiger partial charge in [0.25, 0.3) is 0 Å². The van der Waals surface area contributed by atoms with Crippen LogP contribution in [0.15, 0.2) is 28.5 Å². The number of ether oxygens (including phenoxy) is 1. The lowest BCUT2D eigenvalue weighted by atomic mass is 10.0. The fraction of sp³-hybridized carbons (Fsp3) is 0.143. The van der Waals surface area contributed by atoms with Crippen molar-refractivity contribution in [2.45, 2.75) is 4.21 Å². The van der Waals surface area contributed by atoms with Crippen LogP contribution in [0, 0.1) is 22.7 Å². The molecular formula is C14H10N2OS2. The van der Waals surface area contributed by atoms with Crippen molar-refractivity contribution < 1.29 is 4.74 Å². The van der Waals surface area contributed by atoms with E-state index in [4.69, 9.17) is 4.74 Å². The average Bonchev–Trinajstić information content (AvgIpc) is 2.84. The minimum Gasteiger partial charge on any atom is -0.497 e. The molecule has 1 aromatic heterocycles. The summed E-state index contributed by atoms with van der Waals surface area (Å²) in [7, 11) is 1.60. The molecule has 0 aliphatic rings. The van der Waals surface area contributed by atoms with Gasteiger partial charge in [-0.15, -0.1) is 23.1 Å². The molecule has 0 unspecified atom stereocenters. The molecule has 0 amide bonds. The van der Waals surface area contributed by atoms with Gasteiger partial charge >= 0.3 is 0 Å². The Morgan fingerprint density at radius 1 is 1.16 bits per heavy atom. The number of benzene rings is 1. The maximum absolute atomic E-state index is 9.31. The van der Waals surface area contributed by atoms with Gasteiger partial charge in [-0.2, -0.15) is 10.5 Å². The van der Waals surface area contributed by atoms with E-state index >= 15 is 0 Å². The maximum atomic E-state index is 9.31. The lowest BCUT2D eigenvalue weighted by Crippen LogP contribution is -1.85. The van der Waals surface area contributed by atoms with Crippen LogP contribution in [0.3, 0.4) is 0 Å². The predicted molar refractivity (Wildman–Crippen MR) is 77.5 cm³/mol. The Bertz CT molecular complexity index is 675. The van der Waals surface area contributed by atoms with Crippen molar-refractivity contribution in [3.63, 3.8) is 0 Å². The Morgan fingerprint density at radius 3 is 2.32 bits per heavy atom. The molecule has 0 aliphatic carbocycles. The summed E-state index contributed by atoms with van der Waals surface area (Å²) in [6.07, 6.45) is 1.91. The third-order valence-corrected chi connectivity index (χ3v) is 4.87. The van der Waals surface area contributed by atoms with Crippen molar-refractivity contribution in [3.05, 3.63) is 34.7 Å². The fourth-order valence-electron chi connectivity index (χ4n) is 1.77. The zero-order valence-electron chi connectivity index (χ0n) is 10.4. The Hall–Kier alpha value is -1.95. The quantitative estimate of drug-likeness (QED) is 0.803. The lowest BCUT2D eigenvalue weighted by Gasteiger charge is -2.03. The van der Waals surface area contributed by atoms with Crippen LogP contribution in [0.5, 0.6) is 5.75 Å². The number of thioether (sulfide) groups is 1. The van der Waals surface area contributed by atoms with E-state index < -0.39 is 0 Å². The SMILES string of the molecule is COc1ccc(-c2c(C#N)sc(SC)c2C#N)cc1. The number of methoxy groups -OCH3 is 1. The molecule has 3 nitrogen and oxygen atoms in total. The Labute approximate surface area is 120 Å². The van der Waals surface area contributed by atoms with Gasteiger partial charge in [0, 0.05) is 5.56 Å². The Balaban J connectivity index is 2.63. The minimum absolute atomic E-state index is 0.575. The van der Waals surface area contributed by atoms with Crippen LogP contribution >= 0.6 is 23.1 Å². The Morgan fingerprint density at radius 2 is 1.84 bits per heavy atom. The third kappa shape index (κ3) is 2.44. The van der Waals surface area contributed by atoms with E-state index in [9.17, 15) is 10.5 Å². The van der Waals surface area contributed by atoms with Gasteiger partial charge in [0.2, 0.25) is 0 Å². The highest BCUT2D eigenvalue weighted by Gasteiger charge is 2.19. The summed E-state index contributed by atoms with van der Waals surface area (Å²) in [6.45, 7) is 0. The van der Waals surface area contributed by atoms with Gasteiger partial charge in [-0.25, -0.2) is 0 Å². The molecule has 0 saturated carbocycles. The highest BCUT2D eigenvalue weighted by molar-refractivity contribution is 8.00. The number of thiophene rings is 1. The molecule has 0 saturated heterocycles. The summed E-state index contributed by atoms with van der Waals surface area (Å²) in [5.74, 6) is 0.751. The summed E-state index contributed by atoms with van der Waals surface area (Å²) in [6, 6.07) is 11.8. The summed E-state index contributed by atoms with van der Waals surface area (Å²) in [4.78, 5) is 0.575. The number of nitriles is 2. The second-order valence-corrected chi connectivity index (χ2v) is 5.72. The monoisotopic (exact) mass is 286 g/mol. The number of nitrogens with zero attached hydrogens (tertiary/aromatic N) is 2. The summed E-state index contributed by atoms with van der Waals surface area (Å²) >= 11 is 2.86. The molecule has 0 fully saturated rings. The highest BCUT2D eigenvalue weighted by Crippen LogP contribution is 2.40. The topological polar surface area (TPSA) is 56.8 Å². The van der Waals surface area contributed by atoms with Crippen LogP contribution in [0.4, 0.5) is 0 Å². The first-order valence-electron chi connectivity index (χ1n) is 5.40. The van der Waals surface area contributed by atoms with Crippen molar-refractivity contribution in [3.8, 4) is 29.0 Å². The zero-order chi connectivity index (χ0) is 13.8. The van der Waals surface area contributed by atoms with Gasteiger partial charge in [-0.3, -0.25) is 0 Å². The minimum atomic E-state index is 0.575. The van der Waals surface area contributed by atoms with Crippen LogP contribution < -0.4 is 4.74 Å². The first-order chi connectivity index (χ1) is 9.24. The molecule has 19 heavy (non-hydrogen) atoms. The molecule has 0 N–H and O–H groups in total. The normalized spacial score (nSPS) is 9.68. The van der Waals surface area contributed by atoms with Gasteiger partial charge in [0.1, 0.15) is 22.8 Å². The first-order valence-corrected chi connectivity index (χ1v) is 7.44. The van der Waals surface area contributed by atoms with Crippen molar-refractivity contribution in [2.24, 2.45) is 0 Å². The second-order valence-electron chi connectivity index (χ2n) is 3.62. The molecule has 5 heteroatoms. The fourth-order valence-corrected chi connectivity index (χ4v) is 3.51.